The zero-order valence-electron chi connectivity index (χ0n) is 9.83. The third-order valence-electron chi connectivity index (χ3n) is 3.88. The van der Waals surface area contributed by atoms with Gasteiger partial charge in [0.1, 0.15) is 5.82 Å². The van der Waals surface area contributed by atoms with Crippen LogP contribution >= 0.6 is 15.9 Å². The first-order chi connectivity index (χ1) is 8.65. The maximum Gasteiger partial charge on any atom is 0.322 e. The molecule has 2 amide bonds. The molecule has 2 aliphatic rings. The lowest BCUT2D eigenvalue weighted by Crippen LogP contribution is -2.57. The zero-order chi connectivity index (χ0) is 12.7. The van der Waals surface area contributed by atoms with Crippen molar-refractivity contribution < 1.29 is 9.18 Å². The Morgan fingerprint density at radius 2 is 2.28 bits per heavy atom. The van der Waals surface area contributed by atoms with Gasteiger partial charge >= 0.3 is 6.03 Å². The van der Waals surface area contributed by atoms with Crippen molar-refractivity contribution >= 4 is 27.6 Å². The van der Waals surface area contributed by atoms with Crippen molar-refractivity contribution in [1.29, 1.82) is 0 Å². The summed E-state index contributed by atoms with van der Waals surface area (Å²) >= 11 is 3.19. The molecule has 0 bridgehead atoms. The van der Waals surface area contributed by atoms with E-state index >= 15 is 0 Å². The van der Waals surface area contributed by atoms with Gasteiger partial charge in [0.05, 0.1) is 5.69 Å². The van der Waals surface area contributed by atoms with Crippen LogP contribution in [-0.2, 0) is 0 Å². The standard InChI is InChI=1S/C13H14BrFN2O/c14-9-4-5-11(10(15)6-9)16-13(18)17-7-8-2-1-3-12(8)17/h4-6,8,12H,1-3,7H2,(H,16,18). The first-order valence-electron chi connectivity index (χ1n) is 6.18. The van der Waals surface area contributed by atoms with Crippen LogP contribution in [0.25, 0.3) is 0 Å². The molecule has 1 saturated heterocycles. The van der Waals surface area contributed by atoms with Gasteiger partial charge in [0, 0.05) is 17.1 Å². The highest BCUT2D eigenvalue weighted by molar-refractivity contribution is 9.10. The van der Waals surface area contributed by atoms with Gasteiger partial charge in [-0.15, -0.1) is 0 Å². The van der Waals surface area contributed by atoms with Gasteiger partial charge in [-0.3, -0.25) is 0 Å². The van der Waals surface area contributed by atoms with E-state index in [0.29, 0.717) is 16.4 Å². The average Bonchev–Trinajstić information content (AvgIpc) is 2.64. The van der Waals surface area contributed by atoms with Crippen LogP contribution in [0.15, 0.2) is 22.7 Å². The molecule has 1 N–H and O–H groups in total. The molecule has 1 saturated carbocycles. The minimum atomic E-state index is -0.416. The average molecular weight is 313 g/mol. The first-order valence-corrected chi connectivity index (χ1v) is 6.97. The van der Waals surface area contributed by atoms with Crippen LogP contribution in [0, 0.1) is 11.7 Å². The van der Waals surface area contributed by atoms with E-state index < -0.39 is 5.82 Å². The molecule has 2 atom stereocenters. The Labute approximate surface area is 113 Å². The van der Waals surface area contributed by atoms with Crippen molar-refractivity contribution in [2.24, 2.45) is 5.92 Å². The molecule has 5 heteroatoms. The monoisotopic (exact) mass is 312 g/mol. The van der Waals surface area contributed by atoms with Crippen LogP contribution in [0.1, 0.15) is 19.3 Å². The highest BCUT2D eigenvalue weighted by Crippen LogP contribution is 2.39. The predicted octanol–water partition coefficient (Wildman–Crippen LogP) is 3.60. The first kappa shape index (κ1) is 12.0. The van der Waals surface area contributed by atoms with E-state index in [9.17, 15) is 9.18 Å². The smallest absolute Gasteiger partial charge is 0.321 e. The van der Waals surface area contributed by atoms with Crippen molar-refractivity contribution in [2.75, 3.05) is 11.9 Å². The summed E-state index contributed by atoms with van der Waals surface area (Å²) in [7, 11) is 0. The minimum Gasteiger partial charge on any atom is -0.321 e. The number of urea groups is 1. The van der Waals surface area contributed by atoms with Gasteiger partial charge < -0.3 is 10.2 Å². The fourth-order valence-corrected chi connectivity index (χ4v) is 3.24. The van der Waals surface area contributed by atoms with Crippen LogP contribution in [0.3, 0.4) is 0 Å². The van der Waals surface area contributed by atoms with Crippen molar-refractivity contribution in [3.05, 3.63) is 28.5 Å². The molecular formula is C13H14BrFN2O. The molecule has 96 valence electrons. The minimum absolute atomic E-state index is 0.181. The Bertz CT molecular complexity index is 494. The van der Waals surface area contributed by atoms with Crippen molar-refractivity contribution in [2.45, 2.75) is 25.3 Å². The molecule has 2 fully saturated rings. The van der Waals surface area contributed by atoms with Crippen LogP contribution in [-0.4, -0.2) is 23.5 Å². The van der Waals surface area contributed by atoms with Gasteiger partial charge in [-0.2, -0.15) is 0 Å². The molecule has 2 unspecified atom stereocenters. The van der Waals surface area contributed by atoms with Gasteiger partial charge in [0.2, 0.25) is 0 Å². The number of carbonyl (C=O) groups excluding carboxylic acids is 1. The fourth-order valence-electron chi connectivity index (χ4n) is 2.90. The van der Waals surface area contributed by atoms with Crippen LogP contribution in [0.5, 0.6) is 0 Å². The van der Waals surface area contributed by atoms with E-state index in [2.05, 4.69) is 21.2 Å². The van der Waals surface area contributed by atoms with Crippen molar-refractivity contribution in [1.82, 2.24) is 4.90 Å². The van der Waals surface area contributed by atoms with Gasteiger partial charge in [-0.1, -0.05) is 22.4 Å². The molecule has 0 aromatic heterocycles. The van der Waals surface area contributed by atoms with Gasteiger partial charge in [0.15, 0.2) is 0 Å². The Hall–Kier alpha value is -1.10. The van der Waals surface area contributed by atoms with E-state index in [1.54, 1.807) is 12.1 Å². The SMILES string of the molecule is O=C(Nc1ccc(Br)cc1F)N1CC2CCCC21. The zero-order valence-corrected chi connectivity index (χ0v) is 11.4. The second-order valence-corrected chi connectivity index (χ2v) is 5.88. The second-order valence-electron chi connectivity index (χ2n) is 4.97. The third-order valence-corrected chi connectivity index (χ3v) is 4.38. The number of nitrogens with zero attached hydrogens (tertiary/aromatic N) is 1. The molecule has 1 aliphatic heterocycles. The van der Waals surface area contributed by atoms with Crippen LogP contribution < -0.4 is 5.32 Å². The van der Waals surface area contributed by atoms with Gasteiger partial charge in [0.25, 0.3) is 0 Å². The van der Waals surface area contributed by atoms with Crippen LogP contribution in [0.4, 0.5) is 14.9 Å². The number of benzene rings is 1. The topological polar surface area (TPSA) is 32.3 Å². The number of hydrogen-bond donors (Lipinski definition) is 1. The van der Waals surface area contributed by atoms with E-state index in [0.717, 1.165) is 13.0 Å². The number of fused-ring (bicyclic) bond motifs is 1. The van der Waals surface area contributed by atoms with Gasteiger partial charge in [-0.05, 0) is 37.0 Å². The quantitative estimate of drug-likeness (QED) is 0.844. The Balaban J connectivity index is 1.67. The summed E-state index contributed by atoms with van der Waals surface area (Å²) in [6.45, 7) is 0.814. The molecule has 18 heavy (non-hydrogen) atoms. The summed E-state index contributed by atoms with van der Waals surface area (Å²) in [5.74, 6) is 0.256. The third kappa shape index (κ3) is 2.00. The lowest BCUT2D eigenvalue weighted by molar-refractivity contribution is 0.0797. The maximum atomic E-state index is 13.6. The summed E-state index contributed by atoms with van der Waals surface area (Å²) in [5, 5.41) is 2.64. The molecule has 1 aromatic carbocycles. The molecule has 3 rings (SSSR count). The van der Waals surface area contributed by atoms with E-state index in [-0.39, 0.29) is 11.7 Å². The summed E-state index contributed by atoms with van der Waals surface area (Å²) < 4.78 is 14.3. The molecule has 0 spiro atoms. The number of amides is 2. The Kier molecular flexibility index (Phi) is 3.01. The van der Waals surface area contributed by atoms with E-state index in [1.807, 2.05) is 4.90 Å². The number of likely N-dealkylation sites (tertiary alicyclic amines) is 1. The number of rotatable bonds is 1. The Morgan fingerprint density at radius 3 is 3.00 bits per heavy atom. The molecule has 0 radical (unpaired) electrons. The summed E-state index contributed by atoms with van der Waals surface area (Å²) in [6.07, 6.45) is 3.51. The van der Waals surface area contributed by atoms with Crippen molar-refractivity contribution in [3.63, 3.8) is 0 Å². The lowest BCUT2D eigenvalue weighted by atomic mass is 9.92. The van der Waals surface area contributed by atoms with E-state index in [1.165, 1.54) is 18.9 Å². The summed E-state index contributed by atoms with van der Waals surface area (Å²) in [4.78, 5) is 13.8. The second kappa shape index (κ2) is 4.53. The summed E-state index contributed by atoms with van der Waals surface area (Å²) in [6, 6.07) is 4.84. The Morgan fingerprint density at radius 1 is 1.44 bits per heavy atom. The number of hydrogen-bond acceptors (Lipinski definition) is 1. The molecule has 3 nitrogen and oxygen atoms in total. The lowest BCUT2D eigenvalue weighted by Gasteiger charge is -2.44. The van der Waals surface area contributed by atoms with Crippen molar-refractivity contribution in [3.8, 4) is 0 Å². The maximum absolute atomic E-state index is 13.6. The van der Waals surface area contributed by atoms with Gasteiger partial charge in [-0.25, -0.2) is 9.18 Å². The highest BCUT2D eigenvalue weighted by Gasteiger charge is 2.44. The number of carbonyl (C=O) groups is 1. The molecule has 1 aliphatic carbocycles. The molecule has 1 aromatic rings. The number of halogens is 2. The fraction of sp³-hybridized carbons (Fsp3) is 0.462. The molecular weight excluding hydrogens is 299 g/mol. The highest BCUT2D eigenvalue weighted by atomic mass is 79.9. The largest absolute Gasteiger partial charge is 0.322 e. The van der Waals surface area contributed by atoms with E-state index in [4.69, 9.17) is 0 Å². The predicted molar refractivity (Wildman–Crippen MR) is 71.0 cm³/mol. The normalized spacial score (nSPS) is 25.6. The molecule has 1 heterocycles. The number of anilines is 1. The summed E-state index contributed by atoms with van der Waals surface area (Å²) in [5.41, 5.74) is 0.240. The number of nitrogens with one attached hydrogen (secondary N) is 1. The van der Waals surface area contributed by atoms with Crippen LogP contribution in [0.2, 0.25) is 0 Å².